The van der Waals surface area contributed by atoms with Crippen molar-refractivity contribution in [2.75, 3.05) is 6.54 Å². The van der Waals surface area contributed by atoms with Crippen LogP contribution in [-0.2, 0) is 13.5 Å². The van der Waals surface area contributed by atoms with E-state index in [4.69, 9.17) is 17.3 Å². The smallest absolute Gasteiger partial charge is 0.132 e. The molecule has 80 valence electrons. The quantitative estimate of drug-likeness (QED) is 0.838. The van der Waals surface area contributed by atoms with Gasteiger partial charge in [-0.25, -0.2) is 4.39 Å². The molecular formula is C11H12ClFN2. The van der Waals surface area contributed by atoms with Crippen LogP contribution in [0.25, 0.3) is 10.9 Å². The maximum Gasteiger partial charge on any atom is 0.132 e. The number of nitrogens with zero attached hydrogens (tertiary/aromatic N) is 1. The molecule has 0 amide bonds. The zero-order valence-electron chi connectivity index (χ0n) is 8.43. The standard InChI is InChI=1S/C11H12ClFN2/c1-15-9-4-2-3-8(13)10(9)7(5-6-14)11(15)12/h2-4H,5-6,14H2,1H3. The molecule has 0 radical (unpaired) electrons. The molecule has 0 unspecified atom stereocenters. The van der Waals surface area contributed by atoms with Crippen LogP contribution < -0.4 is 5.73 Å². The van der Waals surface area contributed by atoms with E-state index in [9.17, 15) is 4.39 Å². The van der Waals surface area contributed by atoms with Crippen LogP contribution in [-0.4, -0.2) is 11.1 Å². The lowest BCUT2D eigenvalue weighted by Gasteiger charge is -1.97. The molecule has 4 heteroatoms. The normalized spacial score (nSPS) is 11.2. The van der Waals surface area contributed by atoms with Crippen molar-refractivity contribution in [1.29, 1.82) is 0 Å². The first kappa shape index (κ1) is 10.5. The lowest BCUT2D eigenvalue weighted by molar-refractivity contribution is 0.639. The van der Waals surface area contributed by atoms with E-state index < -0.39 is 0 Å². The topological polar surface area (TPSA) is 30.9 Å². The van der Waals surface area contributed by atoms with E-state index >= 15 is 0 Å². The van der Waals surface area contributed by atoms with E-state index in [-0.39, 0.29) is 5.82 Å². The molecule has 1 aromatic heterocycles. The third kappa shape index (κ3) is 1.52. The van der Waals surface area contributed by atoms with Crippen molar-refractivity contribution in [2.24, 2.45) is 12.8 Å². The molecule has 0 saturated heterocycles. The number of aromatic nitrogens is 1. The number of benzene rings is 1. The van der Waals surface area contributed by atoms with Crippen LogP contribution in [0.3, 0.4) is 0 Å². The molecule has 0 saturated carbocycles. The van der Waals surface area contributed by atoms with E-state index in [1.807, 2.05) is 13.1 Å². The van der Waals surface area contributed by atoms with Crippen molar-refractivity contribution < 1.29 is 4.39 Å². The number of fused-ring (bicyclic) bond motifs is 1. The molecule has 2 rings (SSSR count). The summed E-state index contributed by atoms with van der Waals surface area (Å²) in [6.07, 6.45) is 0.594. The second kappa shape index (κ2) is 3.83. The summed E-state index contributed by atoms with van der Waals surface area (Å²) in [5.41, 5.74) is 7.10. The van der Waals surface area contributed by atoms with Gasteiger partial charge in [-0.2, -0.15) is 0 Å². The summed E-state index contributed by atoms with van der Waals surface area (Å²) < 4.78 is 15.4. The van der Waals surface area contributed by atoms with Crippen LogP contribution in [0.5, 0.6) is 0 Å². The first-order chi connectivity index (χ1) is 7.16. The average molecular weight is 227 g/mol. The zero-order valence-corrected chi connectivity index (χ0v) is 9.18. The first-order valence-corrected chi connectivity index (χ1v) is 5.16. The predicted octanol–water partition coefficient (Wildman–Crippen LogP) is 2.47. The van der Waals surface area contributed by atoms with Gasteiger partial charge in [-0.05, 0) is 25.1 Å². The molecule has 1 heterocycles. The van der Waals surface area contributed by atoms with Gasteiger partial charge in [-0.1, -0.05) is 17.7 Å². The van der Waals surface area contributed by atoms with Gasteiger partial charge >= 0.3 is 0 Å². The molecule has 0 aliphatic rings. The number of nitrogens with two attached hydrogens (primary N) is 1. The van der Waals surface area contributed by atoms with Gasteiger partial charge in [0, 0.05) is 18.0 Å². The third-order valence-corrected chi connectivity index (χ3v) is 3.07. The van der Waals surface area contributed by atoms with Gasteiger partial charge in [0.1, 0.15) is 11.0 Å². The summed E-state index contributed by atoms with van der Waals surface area (Å²) in [5, 5.41) is 1.16. The second-order valence-corrected chi connectivity index (χ2v) is 3.86. The fraction of sp³-hybridized carbons (Fsp3) is 0.273. The lowest BCUT2D eigenvalue weighted by Crippen LogP contribution is -2.03. The molecule has 1 aromatic carbocycles. The summed E-state index contributed by atoms with van der Waals surface area (Å²) in [6.45, 7) is 0.465. The number of aryl methyl sites for hydroxylation is 1. The number of rotatable bonds is 2. The Bertz CT molecular complexity index is 505. The Morgan fingerprint density at radius 3 is 2.87 bits per heavy atom. The van der Waals surface area contributed by atoms with Crippen LogP contribution in [0.4, 0.5) is 4.39 Å². The van der Waals surface area contributed by atoms with E-state index in [0.29, 0.717) is 23.5 Å². The molecule has 2 aromatic rings. The SMILES string of the molecule is Cn1c(Cl)c(CCN)c2c(F)cccc21. The number of hydrogen-bond acceptors (Lipinski definition) is 1. The number of hydrogen-bond donors (Lipinski definition) is 1. The van der Waals surface area contributed by atoms with Crippen LogP contribution in [0.1, 0.15) is 5.56 Å². The van der Waals surface area contributed by atoms with Gasteiger partial charge in [0.25, 0.3) is 0 Å². The van der Waals surface area contributed by atoms with Crippen molar-refractivity contribution in [1.82, 2.24) is 4.57 Å². The minimum Gasteiger partial charge on any atom is -0.334 e. The van der Waals surface area contributed by atoms with E-state index in [1.54, 1.807) is 10.6 Å². The summed E-state index contributed by atoms with van der Waals surface area (Å²) in [4.78, 5) is 0. The van der Waals surface area contributed by atoms with Gasteiger partial charge in [0.05, 0.1) is 5.52 Å². The molecule has 15 heavy (non-hydrogen) atoms. The monoisotopic (exact) mass is 226 g/mol. The highest BCUT2D eigenvalue weighted by Gasteiger charge is 2.15. The number of halogens is 2. The maximum atomic E-state index is 13.7. The maximum absolute atomic E-state index is 13.7. The fourth-order valence-electron chi connectivity index (χ4n) is 1.87. The van der Waals surface area contributed by atoms with Gasteiger partial charge < -0.3 is 10.3 Å². The van der Waals surface area contributed by atoms with Crippen LogP contribution >= 0.6 is 11.6 Å². The van der Waals surface area contributed by atoms with Gasteiger partial charge in [-0.15, -0.1) is 0 Å². The second-order valence-electron chi connectivity index (χ2n) is 3.50. The third-order valence-electron chi connectivity index (χ3n) is 2.59. The summed E-state index contributed by atoms with van der Waals surface area (Å²) in [5.74, 6) is -0.238. The summed E-state index contributed by atoms with van der Waals surface area (Å²) >= 11 is 6.13. The Morgan fingerprint density at radius 1 is 1.47 bits per heavy atom. The van der Waals surface area contributed by atoms with Crippen LogP contribution in [0, 0.1) is 5.82 Å². The highest BCUT2D eigenvalue weighted by Crippen LogP contribution is 2.30. The molecule has 0 atom stereocenters. The van der Waals surface area contributed by atoms with E-state index in [0.717, 1.165) is 11.1 Å². The van der Waals surface area contributed by atoms with Crippen molar-refractivity contribution in [2.45, 2.75) is 6.42 Å². The van der Waals surface area contributed by atoms with Gasteiger partial charge in [0.15, 0.2) is 0 Å². The molecule has 2 N–H and O–H groups in total. The zero-order chi connectivity index (χ0) is 11.0. The highest BCUT2D eigenvalue weighted by atomic mass is 35.5. The Hall–Kier alpha value is -1.06. The molecule has 0 aliphatic heterocycles. The highest BCUT2D eigenvalue weighted by molar-refractivity contribution is 6.32. The molecule has 2 nitrogen and oxygen atoms in total. The van der Waals surface area contributed by atoms with Crippen molar-refractivity contribution in [3.8, 4) is 0 Å². The van der Waals surface area contributed by atoms with Crippen LogP contribution in [0.15, 0.2) is 18.2 Å². The minimum absolute atomic E-state index is 0.238. The minimum atomic E-state index is -0.238. The summed E-state index contributed by atoms with van der Waals surface area (Å²) in [6, 6.07) is 4.98. The molecule has 0 aliphatic carbocycles. The molecule has 0 fully saturated rings. The summed E-state index contributed by atoms with van der Waals surface area (Å²) in [7, 11) is 1.82. The molecular weight excluding hydrogens is 215 g/mol. The Labute approximate surface area is 92.4 Å². The average Bonchev–Trinajstić information content (AvgIpc) is 2.46. The van der Waals surface area contributed by atoms with Crippen molar-refractivity contribution >= 4 is 22.5 Å². The first-order valence-electron chi connectivity index (χ1n) is 4.78. The van der Waals surface area contributed by atoms with Crippen molar-refractivity contribution in [3.63, 3.8) is 0 Å². The van der Waals surface area contributed by atoms with E-state index in [1.165, 1.54) is 6.07 Å². The molecule has 0 spiro atoms. The van der Waals surface area contributed by atoms with E-state index in [2.05, 4.69) is 0 Å². The predicted molar refractivity (Wildman–Crippen MR) is 60.6 cm³/mol. The largest absolute Gasteiger partial charge is 0.334 e. The fourth-order valence-corrected chi connectivity index (χ4v) is 2.15. The van der Waals surface area contributed by atoms with Gasteiger partial charge in [-0.3, -0.25) is 0 Å². The van der Waals surface area contributed by atoms with Crippen molar-refractivity contribution in [3.05, 3.63) is 34.7 Å². The van der Waals surface area contributed by atoms with Crippen LogP contribution in [0.2, 0.25) is 5.15 Å². The lowest BCUT2D eigenvalue weighted by atomic mass is 10.1. The Kier molecular flexibility index (Phi) is 2.67. The van der Waals surface area contributed by atoms with Gasteiger partial charge in [0.2, 0.25) is 0 Å². The Balaban J connectivity index is 2.82. The Morgan fingerprint density at radius 2 is 2.20 bits per heavy atom. The molecule has 0 bridgehead atoms.